The molecule has 0 aliphatic heterocycles. The zero-order valence-corrected chi connectivity index (χ0v) is 11.3. The van der Waals surface area contributed by atoms with Crippen molar-refractivity contribution in [2.75, 3.05) is 14.1 Å². The molecule has 1 rings (SSSR count). The van der Waals surface area contributed by atoms with Gasteiger partial charge in [-0.2, -0.15) is 0 Å². The molecule has 0 radical (unpaired) electrons. The van der Waals surface area contributed by atoms with E-state index in [-0.39, 0.29) is 5.91 Å². The summed E-state index contributed by atoms with van der Waals surface area (Å²) in [5.74, 6) is 0.947. The predicted octanol–water partition coefficient (Wildman–Crippen LogP) is 2.02. The number of nitrogens with zero attached hydrogens (tertiary/aromatic N) is 1. The molecule has 1 N–H and O–H groups in total. The van der Waals surface area contributed by atoms with E-state index < -0.39 is 5.54 Å². The van der Waals surface area contributed by atoms with Gasteiger partial charge in [-0.1, -0.05) is 19.8 Å². The van der Waals surface area contributed by atoms with E-state index in [2.05, 4.69) is 12.2 Å². The summed E-state index contributed by atoms with van der Waals surface area (Å²) in [5.41, 5.74) is -0.439. The van der Waals surface area contributed by atoms with Crippen molar-refractivity contribution in [2.45, 2.75) is 58.0 Å². The van der Waals surface area contributed by atoms with Crippen molar-refractivity contribution in [2.24, 2.45) is 5.92 Å². The van der Waals surface area contributed by atoms with Crippen molar-refractivity contribution in [1.29, 1.82) is 0 Å². The standard InChI is InChI=1S/C13H26N2O/c1-10-7-6-8-11(9-10)14-13(2,3)12(16)15(4)5/h10-11,14H,6-9H2,1-5H3. The van der Waals surface area contributed by atoms with Gasteiger partial charge < -0.3 is 10.2 Å². The summed E-state index contributed by atoms with van der Waals surface area (Å²) in [5, 5.41) is 3.52. The second-order valence-electron chi connectivity index (χ2n) is 5.94. The number of amides is 1. The molecular formula is C13H26N2O. The van der Waals surface area contributed by atoms with Gasteiger partial charge in [0.2, 0.25) is 5.91 Å². The molecule has 0 aromatic rings. The number of carbonyl (C=O) groups is 1. The topological polar surface area (TPSA) is 32.3 Å². The van der Waals surface area contributed by atoms with Crippen molar-refractivity contribution in [3.8, 4) is 0 Å². The first kappa shape index (κ1) is 13.5. The third-order valence-corrected chi connectivity index (χ3v) is 3.44. The normalized spacial score (nSPS) is 26.6. The van der Waals surface area contributed by atoms with Gasteiger partial charge in [-0.05, 0) is 32.6 Å². The summed E-state index contributed by atoms with van der Waals surface area (Å²) in [6, 6.07) is 0.502. The lowest BCUT2D eigenvalue weighted by Gasteiger charge is -2.36. The maximum Gasteiger partial charge on any atom is 0.241 e. The Balaban J connectivity index is 2.54. The zero-order chi connectivity index (χ0) is 12.3. The molecule has 1 saturated carbocycles. The summed E-state index contributed by atoms with van der Waals surface area (Å²) in [6.45, 7) is 6.26. The van der Waals surface area contributed by atoms with Crippen LogP contribution in [-0.4, -0.2) is 36.5 Å². The van der Waals surface area contributed by atoms with Gasteiger partial charge in [0.15, 0.2) is 0 Å². The summed E-state index contributed by atoms with van der Waals surface area (Å²) < 4.78 is 0. The lowest BCUT2D eigenvalue weighted by atomic mass is 9.85. The van der Waals surface area contributed by atoms with E-state index in [1.165, 1.54) is 25.7 Å². The van der Waals surface area contributed by atoms with Crippen LogP contribution in [0.5, 0.6) is 0 Å². The Morgan fingerprint density at radius 1 is 1.31 bits per heavy atom. The van der Waals surface area contributed by atoms with Crippen LogP contribution >= 0.6 is 0 Å². The van der Waals surface area contributed by atoms with Gasteiger partial charge in [-0.15, -0.1) is 0 Å². The van der Waals surface area contributed by atoms with Crippen molar-refractivity contribution in [3.63, 3.8) is 0 Å². The quantitative estimate of drug-likeness (QED) is 0.798. The van der Waals surface area contributed by atoms with E-state index in [0.29, 0.717) is 6.04 Å². The van der Waals surface area contributed by atoms with Crippen LogP contribution < -0.4 is 5.32 Å². The summed E-state index contributed by atoms with van der Waals surface area (Å²) in [7, 11) is 3.63. The summed E-state index contributed by atoms with van der Waals surface area (Å²) in [6.07, 6.45) is 5.02. The van der Waals surface area contributed by atoms with Gasteiger partial charge in [-0.3, -0.25) is 4.79 Å². The molecule has 0 spiro atoms. The number of nitrogens with one attached hydrogen (secondary N) is 1. The largest absolute Gasteiger partial charge is 0.347 e. The van der Waals surface area contributed by atoms with Crippen LogP contribution in [-0.2, 0) is 4.79 Å². The van der Waals surface area contributed by atoms with Crippen LogP contribution in [0.3, 0.4) is 0 Å². The van der Waals surface area contributed by atoms with Crippen molar-refractivity contribution in [1.82, 2.24) is 10.2 Å². The minimum absolute atomic E-state index is 0.158. The molecule has 94 valence electrons. The van der Waals surface area contributed by atoms with Crippen molar-refractivity contribution < 1.29 is 4.79 Å². The Kier molecular flexibility index (Phi) is 4.36. The summed E-state index contributed by atoms with van der Waals surface area (Å²) >= 11 is 0. The van der Waals surface area contributed by atoms with Gasteiger partial charge in [0.1, 0.15) is 0 Å². The Morgan fingerprint density at radius 2 is 1.94 bits per heavy atom. The Morgan fingerprint density at radius 3 is 2.44 bits per heavy atom. The summed E-state index contributed by atoms with van der Waals surface area (Å²) in [4.78, 5) is 13.6. The maximum atomic E-state index is 12.0. The molecule has 2 atom stereocenters. The van der Waals surface area contributed by atoms with Crippen LogP contribution in [0.25, 0.3) is 0 Å². The number of hydrogen-bond donors (Lipinski definition) is 1. The van der Waals surface area contributed by atoms with E-state index >= 15 is 0 Å². The molecule has 0 aromatic heterocycles. The molecule has 2 unspecified atom stereocenters. The molecule has 3 nitrogen and oxygen atoms in total. The molecule has 1 aliphatic carbocycles. The Labute approximate surface area is 99.6 Å². The van der Waals surface area contributed by atoms with Gasteiger partial charge in [-0.25, -0.2) is 0 Å². The number of likely N-dealkylation sites (N-methyl/N-ethyl adjacent to an activating group) is 1. The zero-order valence-electron chi connectivity index (χ0n) is 11.3. The van der Waals surface area contributed by atoms with E-state index in [4.69, 9.17) is 0 Å². The predicted molar refractivity (Wildman–Crippen MR) is 67.3 cm³/mol. The van der Waals surface area contributed by atoms with Crippen molar-refractivity contribution >= 4 is 5.91 Å². The van der Waals surface area contributed by atoms with Crippen LogP contribution in [0.15, 0.2) is 0 Å². The lowest BCUT2D eigenvalue weighted by Crippen LogP contribution is -2.56. The average Bonchev–Trinajstić information content (AvgIpc) is 2.15. The van der Waals surface area contributed by atoms with Crippen LogP contribution in [0.4, 0.5) is 0 Å². The van der Waals surface area contributed by atoms with Crippen LogP contribution in [0.1, 0.15) is 46.5 Å². The van der Waals surface area contributed by atoms with E-state index in [9.17, 15) is 4.79 Å². The minimum Gasteiger partial charge on any atom is -0.347 e. The van der Waals surface area contributed by atoms with E-state index in [1.807, 2.05) is 27.9 Å². The number of carbonyl (C=O) groups excluding carboxylic acids is 1. The first-order valence-corrected chi connectivity index (χ1v) is 6.32. The van der Waals surface area contributed by atoms with E-state index in [0.717, 1.165) is 5.92 Å². The highest BCUT2D eigenvalue weighted by Gasteiger charge is 2.32. The van der Waals surface area contributed by atoms with Gasteiger partial charge >= 0.3 is 0 Å². The maximum absolute atomic E-state index is 12.0. The molecule has 0 saturated heterocycles. The van der Waals surface area contributed by atoms with Gasteiger partial charge in [0, 0.05) is 20.1 Å². The van der Waals surface area contributed by atoms with Gasteiger partial charge in [0.25, 0.3) is 0 Å². The van der Waals surface area contributed by atoms with Crippen LogP contribution in [0.2, 0.25) is 0 Å². The molecule has 16 heavy (non-hydrogen) atoms. The van der Waals surface area contributed by atoms with Crippen LogP contribution in [0, 0.1) is 5.92 Å². The third-order valence-electron chi connectivity index (χ3n) is 3.44. The first-order chi connectivity index (χ1) is 7.33. The molecule has 1 fully saturated rings. The fraction of sp³-hybridized carbons (Fsp3) is 0.923. The fourth-order valence-corrected chi connectivity index (χ4v) is 2.70. The fourth-order valence-electron chi connectivity index (χ4n) is 2.70. The molecule has 0 bridgehead atoms. The Hall–Kier alpha value is -0.570. The molecule has 3 heteroatoms. The monoisotopic (exact) mass is 226 g/mol. The molecule has 0 aromatic carbocycles. The highest BCUT2D eigenvalue weighted by Crippen LogP contribution is 2.25. The van der Waals surface area contributed by atoms with Crippen molar-refractivity contribution in [3.05, 3.63) is 0 Å². The minimum atomic E-state index is -0.439. The van der Waals surface area contributed by atoms with Gasteiger partial charge in [0.05, 0.1) is 5.54 Å². The second kappa shape index (κ2) is 5.17. The molecule has 1 aliphatic rings. The average molecular weight is 226 g/mol. The Bertz CT molecular complexity index is 248. The highest BCUT2D eigenvalue weighted by atomic mass is 16.2. The SMILES string of the molecule is CC1CCCC(NC(C)(C)C(=O)N(C)C)C1. The number of hydrogen-bond acceptors (Lipinski definition) is 2. The smallest absolute Gasteiger partial charge is 0.241 e. The third kappa shape index (κ3) is 3.48. The highest BCUT2D eigenvalue weighted by molar-refractivity contribution is 5.85. The lowest BCUT2D eigenvalue weighted by molar-refractivity contribution is -0.135. The molecule has 0 heterocycles. The second-order valence-corrected chi connectivity index (χ2v) is 5.94. The number of rotatable bonds is 3. The molecular weight excluding hydrogens is 200 g/mol. The van der Waals surface area contributed by atoms with E-state index in [1.54, 1.807) is 4.90 Å². The molecule has 1 amide bonds. The first-order valence-electron chi connectivity index (χ1n) is 6.32.